The summed E-state index contributed by atoms with van der Waals surface area (Å²) in [7, 11) is 0. The zero-order chi connectivity index (χ0) is 20.1. The number of phenolic OH excluding ortho intramolecular Hbond substituents is 1. The van der Waals surface area contributed by atoms with Gasteiger partial charge in [0.25, 0.3) is 0 Å². The van der Waals surface area contributed by atoms with Crippen LogP contribution in [0.4, 0.5) is 14.6 Å². The number of aryl methyl sites for hydroxylation is 1. The first-order valence-corrected chi connectivity index (χ1v) is 10.1. The summed E-state index contributed by atoms with van der Waals surface area (Å²) in [4.78, 5) is 11.3. The minimum Gasteiger partial charge on any atom is -0.507 e. The van der Waals surface area contributed by atoms with Crippen molar-refractivity contribution in [2.75, 3.05) is 5.32 Å². The first-order chi connectivity index (χ1) is 14.0. The Bertz CT molecular complexity index is 1240. The van der Waals surface area contributed by atoms with Crippen LogP contribution < -0.4 is 5.32 Å². The Balaban J connectivity index is 1.50. The van der Waals surface area contributed by atoms with Gasteiger partial charge in [-0.2, -0.15) is 0 Å². The topological polar surface area (TPSA) is 58.0 Å². The number of para-hydroxylation sites is 1. The Morgan fingerprint density at radius 1 is 1.07 bits per heavy atom. The van der Waals surface area contributed by atoms with Gasteiger partial charge in [-0.05, 0) is 49.2 Å². The van der Waals surface area contributed by atoms with Crippen LogP contribution in [0, 0.1) is 18.6 Å². The normalized spacial score (nSPS) is 18.2. The molecule has 2 N–H and O–H groups in total. The first kappa shape index (κ1) is 18.0. The monoisotopic (exact) mass is 409 g/mol. The van der Waals surface area contributed by atoms with Crippen LogP contribution in [0.1, 0.15) is 22.8 Å². The summed E-state index contributed by atoms with van der Waals surface area (Å²) in [6.45, 7) is 2.01. The van der Waals surface area contributed by atoms with E-state index < -0.39 is 11.6 Å². The quantitative estimate of drug-likeness (QED) is 0.459. The lowest BCUT2D eigenvalue weighted by molar-refractivity contribution is 0.477. The molecule has 0 radical (unpaired) electrons. The van der Waals surface area contributed by atoms with Gasteiger partial charge in [-0.25, -0.2) is 18.7 Å². The number of halogens is 2. The van der Waals surface area contributed by atoms with Crippen molar-refractivity contribution in [2.45, 2.75) is 25.3 Å². The van der Waals surface area contributed by atoms with Crippen LogP contribution >= 0.6 is 11.3 Å². The number of phenols is 1. The molecule has 1 saturated carbocycles. The molecule has 0 spiro atoms. The Labute approximate surface area is 169 Å². The third kappa shape index (κ3) is 3.31. The Kier molecular flexibility index (Phi) is 4.20. The van der Waals surface area contributed by atoms with Gasteiger partial charge in [-0.1, -0.05) is 18.2 Å². The molecule has 2 heterocycles. The molecule has 2 aromatic heterocycles. The van der Waals surface area contributed by atoms with Crippen molar-refractivity contribution in [3.63, 3.8) is 0 Å². The molecule has 5 rings (SSSR count). The third-order valence-electron chi connectivity index (χ3n) is 5.15. The second-order valence-electron chi connectivity index (χ2n) is 7.26. The number of hydrogen-bond donors (Lipinski definition) is 2. The molecule has 4 aromatic rings. The van der Waals surface area contributed by atoms with E-state index in [2.05, 4.69) is 15.3 Å². The molecule has 0 unspecified atom stereocenters. The lowest BCUT2D eigenvalue weighted by Gasteiger charge is -2.10. The van der Waals surface area contributed by atoms with Crippen LogP contribution in [-0.2, 0) is 0 Å². The lowest BCUT2D eigenvalue weighted by Crippen LogP contribution is -2.07. The highest BCUT2D eigenvalue weighted by Gasteiger charge is 2.39. The van der Waals surface area contributed by atoms with Gasteiger partial charge in [0.1, 0.15) is 16.4 Å². The van der Waals surface area contributed by atoms with Gasteiger partial charge in [0.05, 0.1) is 10.9 Å². The maximum atomic E-state index is 13.6. The van der Waals surface area contributed by atoms with E-state index >= 15 is 0 Å². The van der Waals surface area contributed by atoms with Crippen molar-refractivity contribution in [2.24, 2.45) is 0 Å². The molecule has 4 nitrogen and oxygen atoms in total. The van der Waals surface area contributed by atoms with Gasteiger partial charge in [-0.3, -0.25) is 0 Å². The van der Waals surface area contributed by atoms with Gasteiger partial charge in [0.15, 0.2) is 17.5 Å². The van der Waals surface area contributed by atoms with Crippen LogP contribution in [0.5, 0.6) is 5.75 Å². The van der Waals surface area contributed by atoms with Crippen molar-refractivity contribution in [1.82, 2.24) is 9.97 Å². The molecule has 7 heteroatoms. The number of rotatable bonds is 4. The van der Waals surface area contributed by atoms with Crippen molar-refractivity contribution in [1.29, 1.82) is 0 Å². The predicted octanol–water partition coefficient (Wildman–Crippen LogP) is 5.62. The molecule has 1 fully saturated rings. The third-order valence-corrected chi connectivity index (χ3v) is 6.09. The Hall–Kier alpha value is -3.06. The average Bonchev–Trinajstić information content (AvgIpc) is 3.35. The fourth-order valence-corrected chi connectivity index (χ4v) is 4.46. The molecule has 146 valence electrons. The Morgan fingerprint density at radius 2 is 1.90 bits per heavy atom. The van der Waals surface area contributed by atoms with E-state index in [1.54, 1.807) is 35.6 Å². The van der Waals surface area contributed by atoms with Crippen LogP contribution in [0.25, 0.3) is 21.6 Å². The number of hydrogen-bond acceptors (Lipinski definition) is 5. The summed E-state index contributed by atoms with van der Waals surface area (Å²) in [6.07, 6.45) is 0.811. The van der Waals surface area contributed by atoms with Gasteiger partial charge in [0.2, 0.25) is 0 Å². The SMILES string of the molecule is Cc1cc2c(N[C@@H]3C[C@H]3c3ccc(F)c(F)c3)nc(-c3ccccc3O)nc2s1. The summed E-state index contributed by atoms with van der Waals surface area (Å²) >= 11 is 1.57. The summed E-state index contributed by atoms with van der Waals surface area (Å²) in [5.41, 5.74) is 1.34. The predicted molar refractivity (Wildman–Crippen MR) is 110 cm³/mol. The van der Waals surface area contributed by atoms with Crippen molar-refractivity contribution >= 4 is 27.4 Å². The molecule has 0 amide bonds. The highest BCUT2D eigenvalue weighted by molar-refractivity contribution is 7.18. The van der Waals surface area contributed by atoms with Crippen LogP contribution in [0.15, 0.2) is 48.5 Å². The van der Waals surface area contributed by atoms with Crippen LogP contribution in [0.3, 0.4) is 0 Å². The highest BCUT2D eigenvalue weighted by Crippen LogP contribution is 2.44. The molecule has 2 aromatic carbocycles. The van der Waals surface area contributed by atoms with E-state index in [0.29, 0.717) is 17.2 Å². The summed E-state index contributed by atoms with van der Waals surface area (Å²) in [5, 5.41) is 14.6. The number of aromatic hydroxyl groups is 1. The number of anilines is 1. The zero-order valence-corrected chi connectivity index (χ0v) is 16.3. The maximum absolute atomic E-state index is 13.6. The number of nitrogens with one attached hydrogen (secondary N) is 1. The molecule has 2 atom stereocenters. The molecule has 1 aliphatic carbocycles. The molecule has 0 bridgehead atoms. The largest absolute Gasteiger partial charge is 0.507 e. The smallest absolute Gasteiger partial charge is 0.166 e. The molecule has 0 aliphatic heterocycles. The standard InChI is InChI=1S/C22H17F2N3OS/c1-11-8-15-21(25-18-10-14(18)12-6-7-16(23)17(24)9-12)26-20(27-22(15)29-11)13-4-2-3-5-19(13)28/h2-9,14,18,28H,10H2,1H3,(H,25,26,27)/t14-,18+/m0/s1. The lowest BCUT2D eigenvalue weighted by atomic mass is 10.1. The number of benzene rings is 2. The second-order valence-corrected chi connectivity index (χ2v) is 8.49. The zero-order valence-electron chi connectivity index (χ0n) is 15.5. The molecule has 1 aliphatic rings. The summed E-state index contributed by atoms with van der Waals surface area (Å²) in [5.74, 6) is -0.302. The Morgan fingerprint density at radius 3 is 2.69 bits per heavy atom. The van der Waals surface area contributed by atoms with Crippen LogP contribution in [-0.4, -0.2) is 21.1 Å². The molecule has 0 saturated heterocycles. The summed E-state index contributed by atoms with van der Waals surface area (Å²) < 4.78 is 26.8. The summed E-state index contributed by atoms with van der Waals surface area (Å²) in [6, 6.07) is 13.1. The van der Waals surface area contributed by atoms with E-state index in [-0.39, 0.29) is 17.7 Å². The van der Waals surface area contributed by atoms with Crippen molar-refractivity contribution in [3.8, 4) is 17.1 Å². The maximum Gasteiger partial charge on any atom is 0.166 e. The average molecular weight is 409 g/mol. The van der Waals surface area contributed by atoms with E-state index in [0.717, 1.165) is 27.1 Å². The van der Waals surface area contributed by atoms with Gasteiger partial charge < -0.3 is 10.4 Å². The molecular formula is C22H17F2N3OS. The highest BCUT2D eigenvalue weighted by atomic mass is 32.1. The number of nitrogens with zero attached hydrogens (tertiary/aromatic N) is 2. The van der Waals surface area contributed by atoms with Gasteiger partial charge >= 0.3 is 0 Å². The van der Waals surface area contributed by atoms with Gasteiger partial charge in [-0.15, -0.1) is 11.3 Å². The number of aromatic nitrogens is 2. The van der Waals surface area contributed by atoms with Gasteiger partial charge in [0, 0.05) is 16.8 Å². The number of fused-ring (bicyclic) bond motifs is 1. The molecular weight excluding hydrogens is 392 g/mol. The van der Waals surface area contributed by atoms with E-state index in [4.69, 9.17) is 0 Å². The first-order valence-electron chi connectivity index (χ1n) is 9.27. The fourth-order valence-electron chi connectivity index (χ4n) is 3.58. The van der Waals surface area contributed by atoms with E-state index in [1.807, 2.05) is 19.1 Å². The minimum atomic E-state index is -0.836. The fraction of sp³-hybridized carbons (Fsp3) is 0.182. The van der Waals surface area contributed by atoms with E-state index in [1.165, 1.54) is 12.1 Å². The number of thiophene rings is 1. The van der Waals surface area contributed by atoms with E-state index in [9.17, 15) is 13.9 Å². The minimum absolute atomic E-state index is 0.0791. The second kappa shape index (κ2) is 6.77. The van der Waals surface area contributed by atoms with Crippen LogP contribution in [0.2, 0.25) is 0 Å². The van der Waals surface area contributed by atoms with Crippen molar-refractivity contribution < 1.29 is 13.9 Å². The van der Waals surface area contributed by atoms with Crippen molar-refractivity contribution in [3.05, 3.63) is 70.6 Å². The molecule has 29 heavy (non-hydrogen) atoms.